The van der Waals surface area contributed by atoms with E-state index in [1.807, 2.05) is 0 Å². The van der Waals surface area contributed by atoms with E-state index in [2.05, 4.69) is 0 Å². The van der Waals surface area contributed by atoms with Gasteiger partial charge in [0.05, 0.1) is 12.5 Å². The van der Waals surface area contributed by atoms with Crippen molar-refractivity contribution in [3.63, 3.8) is 0 Å². The number of benzene rings is 1. The summed E-state index contributed by atoms with van der Waals surface area (Å²) in [6, 6.07) is 3.63. The summed E-state index contributed by atoms with van der Waals surface area (Å²) in [6.07, 6.45) is -3.39. The van der Waals surface area contributed by atoms with Crippen LogP contribution in [0.15, 0.2) is 18.2 Å². The average Bonchev–Trinajstić information content (AvgIpc) is 2.15. The van der Waals surface area contributed by atoms with Gasteiger partial charge in [0.2, 0.25) is 5.91 Å². The number of hydrogen-bond donors (Lipinski definition) is 3. The Kier molecular flexibility index (Phi) is 4.23. The van der Waals surface area contributed by atoms with Crippen molar-refractivity contribution in [3.05, 3.63) is 34.6 Å². The monoisotopic (exact) mass is 247 g/mol. The third kappa shape index (κ3) is 3.16. The Morgan fingerprint density at radius 1 is 1.50 bits per heavy atom. The van der Waals surface area contributed by atoms with Crippen molar-refractivity contribution in [1.29, 1.82) is 0 Å². The van der Waals surface area contributed by atoms with Gasteiger partial charge in [0.1, 0.15) is 11.9 Å². The number of amides is 1. The summed E-state index contributed by atoms with van der Waals surface area (Å²) in [5.41, 5.74) is 4.72. The van der Waals surface area contributed by atoms with Crippen molar-refractivity contribution in [1.82, 2.24) is 0 Å². The van der Waals surface area contributed by atoms with Gasteiger partial charge in [0.25, 0.3) is 0 Å². The maximum absolute atomic E-state index is 13.3. The van der Waals surface area contributed by atoms with Gasteiger partial charge < -0.3 is 15.9 Å². The maximum Gasteiger partial charge on any atom is 0.220 e. The first-order chi connectivity index (χ1) is 7.41. The van der Waals surface area contributed by atoms with Crippen molar-refractivity contribution >= 4 is 17.5 Å². The molecule has 1 rings (SSSR count). The summed E-state index contributed by atoms with van der Waals surface area (Å²) in [7, 11) is 0. The second-order valence-electron chi connectivity index (χ2n) is 3.35. The second-order valence-corrected chi connectivity index (χ2v) is 3.78. The molecule has 0 spiro atoms. The van der Waals surface area contributed by atoms with Gasteiger partial charge in [-0.05, 0) is 12.1 Å². The average molecular weight is 248 g/mol. The third-order valence-electron chi connectivity index (χ3n) is 2.06. The molecule has 1 aromatic rings. The number of aliphatic hydroxyl groups excluding tert-OH is 2. The molecule has 1 amide bonds. The Morgan fingerprint density at radius 2 is 2.12 bits per heavy atom. The first-order valence-electron chi connectivity index (χ1n) is 4.51. The molecule has 0 heterocycles. The molecule has 0 fully saturated rings. The molecule has 2 atom stereocenters. The molecule has 0 saturated carbocycles. The van der Waals surface area contributed by atoms with Crippen LogP contribution in [-0.2, 0) is 4.79 Å². The molecule has 0 aliphatic carbocycles. The molecule has 0 aliphatic heterocycles. The van der Waals surface area contributed by atoms with Gasteiger partial charge in [-0.3, -0.25) is 4.79 Å². The highest BCUT2D eigenvalue weighted by atomic mass is 35.5. The zero-order chi connectivity index (χ0) is 12.3. The summed E-state index contributed by atoms with van der Waals surface area (Å²) < 4.78 is 13.3. The highest BCUT2D eigenvalue weighted by Gasteiger charge is 2.23. The van der Waals surface area contributed by atoms with Crippen molar-refractivity contribution in [2.24, 2.45) is 5.73 Å². The number of nitrogens with two attached hydrogens (primary N) is 1. The summed E-state index contributed by atoms with van der Waals surface area (Å²) in [4.78, 5) is 10.5. The van der Waals surface area contributed by atoms with Crippen LogP contribution in [0.1, 0.15) is 18.1 Å². The minimum Gasteiger partial charge on any atom is -0.390 e. The van der Waals surface area contributed by atoms with Crippen LogP contribution < -0.4 is 5.73 Å². The fraction of sp³-hybridized carbons (Fsp3) is 0.300. The number of carbonyl (C=O) groups excluding carboxylic acids is 1. The Balaban J connectivity index is 2.87. The van der Waals surface area contributed by atoms with Crippen LogP contribution in [0, 0.1) is 5.82 Å². The van der Waals surface area contributed by atoms with E-state index < -0.39 is 30.4 Å². The molecule has 88 valence electrons. The van der Waals surface area contributed by atoms with Crippen LogP contribution in [0.2, 0.25) is 5.02 Å². The lowest BCUT2D eigenvalue weighted by molar-refractivity contribution is -0.121. The molecule has 16 heavy (non-hydrogen) atoms. The van der Waals surface area contributed by atoms with Crippen molar-refractivity contribution < 1.29 is 19.4 Å². The highest BCUT2D eigenvalue weighted by molar-refractivity contribution is 6.30. The number of halogens is 2. The lowest BCUT2D eigenvalue weighted by atomic mass is 10.0. The van der Waals surface area contributed by atoms with Crippen LogP contribution >= 0.6 is 11.6 Å². The Hall–Kier alpha value is -1.17. The number of primary amides is 1. The van der Waals surface area contributed by atoms with Gasteiger partial charge in [-0.1, -0.05) is 17.7 Å². The van der Waals surface area contributed by atoms with E-state index in [1.54, 1.807) is 0 Å². The molecule has 0 radical (unpaired) electrons. The minimum atomic E-state index is -1.51. The molecular weight excluding hydrogens is 237 g/mol. The van der Waals surface area contributed by atoms with E-state index in [9.17, 15) is 19.4 Å². The number of aliphatic hydroxyl groups is 2. The molecular formula is C10H11ClFNO3. The predicted molar refractivity (Wildman–Crippen MR) is 56.2 cm³/mol. The quantitative estimate of drug-likeness (QED) is 0.734. The number of hydrogen-bond acceptors (Lipinski definition) is 3. The van der Waals surface area contributed by atoms with Crippen molar-refractivity contribution in [2.75, 3.05) is 0 Å². The van der Waals surface area contributed by atoms with Crippen molar-refractivity contribution in [2.45, 2.75) is 18.6 Å². The maximum atomic E-state index is 13.3. The van der Waals surface area contributed by atoms with E-state index in [1.165, 1.54) is 12.1 Å². The van der Waals surface area contributed by atoms with E-state index in [4.69, 9.17) is 17.3 Å². The van der Waals surface area contributed by atoms with Gasteiger partial charge >= 0.3 is 0 Å². The van der Waals surface area contributed by atoms with Crippen LogP contribution in [0.3, 0.4) is 0 Å². The minimum absolute atomic E-state index is 0.127. The Morgan fingerprint density at radius 3 is 2.62 bits per heavy atom. The second kappa shape index (κ2) is 5.25. The fourth-order valence-electron chi connectivity index (χ4n) is 1.27. The number of carbonyl (C=O) groups is 1. The van der Waals surface area contributed by atoms with Gasteiger partial charge in [0, 0.05) is 10.6 Å². The van der Waals surface area contributed by atoms with Gasteiger partial charge in [0.15, 0.2) is 0 Å². The molecule has 4 N–H and O–H groups in total. The van der Waals surface area contributed by atoms with Gasteiger partial charge in [-0.15, -0.1) is 0 Å². The first-order valence-corrected chi connectivity index (χ1v) is 4.89. The molecule has 6 heteroatoms. The number of rotatable bonds is 4. The Labute approximate surface area is 96.4 Å². The SMILES string of the molecule is NC(=O)CC(O)C(O)c1ccc(Cl)cc1F. The van der Waals surface area contributed by atoms with E-state index in [0.29, 0.717) is 0 Å². The van der Waals surface area contributed by atoms with Crippen molar-refractivity contribution in [3.8, 4) is 0 Å². The first kappa shape index (κ1) is 12.9. The van der Waals surface area contributed by atoms with Gasteiger partial charge in [-0.25, -0.2) is 4.39 Å². The topological polar surface area (TPSA) is 83.6 Å². The van der Waals surface area contributed by atoms with E-state index in [0.717, 1.165) is 6.07 Å². The van der Waals surface area contributed by atoms with Crippen LogP contribution in [-0.4, -0.2) is 22.2 Å². The van der Waals surface area contributed by atoms with Crippen LogP contribution in [0.4, 0.5) is 4.39 Å². The normalized spacial score (nSPS) is 14.5. The van der Waals surface area contributed by atoms with E-state index >= 15 is 0 Å². The summed E-state index contributed by atoms with van der Waals surface area (Å²) in [5, 5.41) is 19.1. The molecule has 0 aromatic heterocycles. The molecule has 4 nitrogen and oxygen atoms in total. The summed E-state index contributed by atoms with van der Waals surface area (Å²) >= 11 is 5.53. The van der Waals surface area contributed by atoms with Crippen LogP contribution in [0.5, 0.6) is 0 Å². The standard InChI is InChI=1S/C10H11ClFNO3/c11-5-1-2-6(7(12)3-5)10(16)8(14)4-9(13)15/h1-3,8,10,14,16H,4H2,(H2,13,15). The smallest absolute Gasteiger partial charge is 0.220 e. The Bertz CT molecular complexity index is 400. The lowest BCUT2D eigenvalue weighted by Crippen LogP contribution is -2.26. The molecule has 0 bridgehead atoms. The molecule has 0 aliphatic rings. The third-order valence-corrected chi connectivity index (χ3v) is 2.29. The zero-order valence-electron chi connectivity index (χ0n) is 8.23. The molecule has 1 aromatic carbocycles. The molecule has 0 saturated heterocycles. The van der Waals surface area contributed by atoms with Crippen LogP contribution in [0.25, 0.3) is 0 Å². The zero-order valence-corrected chi connectivity index (χ0v) is 8.99. The molecule has 2 unspecified atom stereocenters. The summed E-state index contributed by atoms with van der Waals surface area (Å²) in [5.74, 6) is -1.52. The largest absolute Gasteiger partial charge is 0.390 e. The summed E-state index contributed by atoms with van der Waals surface area (Å²) in [6.45, 7) is 0. The van der Waals surface area contributed by atoms with E-state index in [-0.39, 0.29) is 10.6 Å². The lowest BCUT2D eigenvalue weighted by Gasteiger charge is -2.17. The highest BCUT2D eigenvalue weighted by Crippen LogP contribution is 2.24. The predicted octanol–water partition coefficient (Wildman–Crippen LogP) is 0.749. The van der Waals surface area contributed by atoms with Gasteiger partial charge in [-0.2, -0.15) is 0 Å². The fourth-order valence-corrected chi connectivity index (χ4v) is 1.43.